The van der Waals surface area contributed by atoms with E-state index in [-0.39, 0.29) is 22.8 Å². The van der Waals surface area contributed by atoms with Crippen molar-refractivity contribution in [3.05, 3.63) is 34.5 Å². The van der Waals surface area contributed by atoms with E-state index in [0.29, 0.717) is 5.92 Å². The number of nitrogens with zero attached hydrogens (tertiary/aromatic N) is 1. The Balaban J connectivity index is 1.71. The third-order valence-electron chi connectivity index (χ3n) is 7.80. The van der Waals surface area contributed by atoms with Gasteiger partial charge in [-0.3, -0.25) is 4.79 Å². The van der Waals surface area contributed by atoms with Crippen LogP contribution >= 0.6 is 23.4 Å². The molecule has 0 aliphatic heterocycles. The first-order chi connectivity index (χ1) is 13.7. The molecule has 5 heteroatoms. The van der Waals surface area contributed by atoms with Crippen molar-refractivity contribution in [3.8, 4) is 0 Å². The number of aryl methyl sites for hydroxylation is 1. The van der Waals surface area contributed by atoms with Crippen molar-refractivity contribution in [3.63, 3.8) is 0 Å². The quantitative estimate of drug-likeness (QED) is 0.543. The first kappa shape index (κ1) is 21.1. The smallest absolute Gasteiger partial charge is 0.253 e. The van der Waals surface area contributed by atoms with E-state index in [2.05, 4.69) is 43.8 Å². The Morgan fingerprint density at radius 2 is 2.10 bits per heavy atom. The zero-order valence-electron chi connectivity index (χ0n) is 18.3. The molecule has 3 atom stereocenters. The molecule has 2 bridgehead atoms. The van der Waals surface area contributed by atoms with E-state index in [1.807, 2.05) is 30.0 Å². The van der Waals surface area contributed by atoms with Crippen LogP contribution in [0.1, 0.15) is 62.5 Å². The van der Waals surface area contributed by atoms with E-state index in [4.69, 9.17) is 11.6 Å². The molecule has 3 unspecified atom stereocenters. The number of hydrogen-bond donors (Lipinski definition) is 1. The van der Waals surface area contributed by atoms with Gasteiger partial charge in [0.15, 0.2) is 0 Å². The third kappa shape index (κ3) is 3.31. The van der Waals surface area contributed by atoms with Crippen LogP contribution in [0.4, 0.5) is 0 Å². The molecular formula is C24H33ClN2OS. The van der Waals surface area contributed by atoms with Gasteiger partial charge >= 0.3 is 0 Å². The van der Waals surface area contributed by atoms with Gasteiger partial charge in [0.05, 0.1) is 16.1 Å². The maximum absolute atomic E-state index is 13.6. The fourth-order valence-corrected chi connectivity index (χ4v) is 6.98. The summed E-state index contributed by atoms with van der Waals surface area (Å²) in [4.78, 5) is 13.6. The summed E-state index contributed by atoms with van der Waals surface area (Å²) in [5.41, 5.74) is 3.18. The lowest BCUT2D eigenvalue weighted by atomic mass is 9.68. The summed E-state index contributed by atoms with van der Waals surface area (Å²) in [6, 6.07) is 6.14. The van der Waals surface area contributed by atoms with Crippen molar-refractivity contribution < 1.29 is 4.79 Å². The largest absolute Gasteiger partial charge is 0.348 e. The number of halogens is 1. The van der Waals surface area contributed by atoms with Crippen LogP contribution < -0.4 is 5.32 Å². The van der Waals surface area contributed by atoms with Gasteiger partial charge in [0.25, 0.3) is 5.91 Å². The lowest BCUT2D eigenvalue weighted by Gasteiger charge is -2.43. The lowest BCUT2D eigenvalue weighted by molar-refractivity contribution is 0.0738. The van der Waals surface area contributed by atoms with Gasteiger partial charge in [0.1, 0.15) is 0 Å². The van der Waals surface area contributed by atoms with Crippen LogP contribution in [0.25, 0.3) is 10.9 Å². The van der Waals surface area contributed by atoms with Crippen molar-refractivity contribution in [1.82, 2.24) is 9.88 Å². The summed E-state index contributed by atoms with van der Waals surface area (Å²) in [6.45, 7) is 9.99. The molecule has 0 radical (unpaired) electrons. The number of fused-ring (bicyclic) bond motifs is 3. The Morgan fingerprint density at radius 1 is 1.34 bits per heavy atom. The molecule has 1 aromatic carbocycles. The molecule has 2 aromatic rings. The maximum atomic E-state index is 13.6. The summed E-state index contributed by atoms with van der Waals surface area (Å²) in [7, 11) is 0. The number of carbonyl (C=O) groups is 1. The normalized spacial score (nSPS) is 27.7. The van der Waals surface area contributed by atoms with Crippen molar-refractivity contribution >= 4 is 40.2 Å². The maximum Gasteiger partial charge on any atom is 0.253 e. The first-order valence-corrected chi connectivity index (χ1v) is 12.5. The highest BCUT2D eigenvalue weighted by atomic mass is 35.5. The van der Waals surface area contributed by atoms with Crippen LogP contribution in [0.2, 0.25) is 5.02 Å². The van der Waals surface area contributed by atoms with Gasteiger partial charge in [-0.1, -0.05) is 44.5 Å². The highest BCUT2D eigenvalue weighted by molar-refractivity contribution is 7.98. The van der Waals surface area contributed by atoms with E-state index in [9.17, 15) is 4.79 Å². The molecule has 4 rings (SSSR count). The highest BCUT2D eigenvalue weighted by Crippen LogP contribution is 2.62. The standard InChI is InChI=1S/C24H33ClN2OS/c1-15-19(17-8-6-9-18(25)20(17)27(15)12-7-13-29-5)21(28)26-22-23(2,3)16-10-11-24(22,4)14-16/h6,8-9,16,22H,7,10-14H2,1-5H3,(H,26,28). The molecule has 1 aromatic heterocycles. The van der Waals surface area contributed by atoms with Crippen LogP contribution in [0, 0.1) is 23.7 Å². The van der Waals surface area contributed by atoms with Crippen LogP contribution in [-0.4, -0.2) is 28.5 Å². The summed E-state index contributed by atoms with van der Waals surface area (Å²) in [6.07, 6.45) is 6.93. The van der Waals surface area contributed by atoms with Gasteiger partial charge in [-0.2, -0.15) is 11.8 Å². The van der Waals surface area contributed by atoms with Gasteiger partial charge in [-0.05, 0) is 67.4 Å². The Hall–Kier alpha value is -1.13. The molecule has 1 amide bonds. The number of rotatable bonds is 6. The second-order valence-corrected chi connectivity index (χ2v) is 11.3. The van der Waals surface area contributed by atoms with Crippen molar-refractivity contribution in [1.29, 1.82) is 0 Å². The zero-order valence-corrected chi connectivity index (χ0v) is 19.8. The monoisotopic (exact) mass is 432 g/mol. The van der Waals surface area contributed by atoms with Crippen LogP contribution in [0.5, 0.6) is 0 Å². The van der Waals surface area contributed by atoms with Gasteiger partial charge in [-0.15, -0.1) is 0 Å². The van der Waals surface area contributed by atoms with E-state index in [1.165, 1.54) is 19.3 Å². The van der Waals surface area contributed by atoms with Gasteiger partial charge in [0.2, 0.25) is 0 Å². The van der Waals surface area contributed by atoms with Gasteiger partial charge in [0, 0.05) is 23.7 Å². The molecule has 158 valence electrons. The molecule has 0 saturated heterocycles. The molecule has 29 heavy (non-hydrogen) atoms. The van der Waals surface area contributed by atoms with Crippen molar-refractivity contribution in [2.75, 3.05) is 12.0 Å². The second kappa shape index (κ2) is 7.53. The fourth-order valence-electron chi connectivity index (χ4n) is 6.29. The number of benzene rings is 1. The summed E-state index contributed by atoms with van der Waals surface area (Å²) >= 11 is 8.45. The number of nitrogens with one attached hydrogen (secondary N) is 1. The molecule has 1 heterocycles. The number of carbonyl (C=O) groups excluding carboxylic acids is 1. The number of para-hydroxylation sites is 1. The van der Waals surface area contributed by atoms with E-state index in [0.717, 1.165) is 45.9 Å². The first-order valence-electron chi connectivity index (χ1n) is 10.8. The van der Waals surface area contributed by atoms with Gasteiger partial charge < -0.3 is 9.88 Å². The molecule has 2 fully saturated rings. The molecular weight excluding hydrogens is 400 g/mol. The summed E-state index contributed by atoms with van der Waals surface area (Å²) < 4.78 is 2.25. The minimum absolute atomic E-state index is 0.0604. The minimum Gasteiger partial charge on any atom is -0.348 e. The van der Waals surface area contributed by atoms with E-state index < -0.39 is 0 Å². The Bertz CT molecular complexity index is 945. The summed E-state index contributed by atoms with van der Waals surface area (Å²) in [5, 5.41) is 5.19. The zero-order chi connectivity index (χ0) is 21.0. The number of amides is 1. The fraction of sp³-hybridized carbons (Fsp3) is 0.625. The predicted molar refractivity (Wildman–Crippen MR) is 125 cm³/mol. The Labute approximate surface area is 183 Å². The minimum atomic E-state index is 0.0604. The lowest BCUT2D eigenvalue weighted by Crippen LogP contribution is -2.52. The average molecular weight is 433 g/mol. The van der Waals surface area contributed by atoms with Gasteiger partial charge in [-0.25, -0.2) is 0 Å². The van der Waals surface area contributed by atoms with E-state index in [1.54, 1.807) is 0 Å². The van der Waals surface area contributed by atoms with Crippen LogP contribution in [-0.2, 0) is 6.54 Å². The Morgan fingerprint density at radius 3 is 2.76 bits per heavy atom. The molecule has 2 aliphatic rings. The SMILES string of the molecule is CSCCCn1c(C)c(C(=O)NC2C3(C)CCC(C3)C2(C)C)c2cccc(Cl)c21. The molecule has 2 aliphatic carbocycles. The molecule has 3 nitrogen and oxygen atoms in total. The second-order valence-electron chi connectivity index (χ2n) is 9.92. The number of hydrogen-bond acceptors (Lipinski definition) is 2. The highest BCUT2D eigenvalue weighted by Gasteiger charge is 2.59. The molecule has 2 saturated carbocycles. The van der Waals surface area contributed by atoms with E-state index >= 15 is 0 Å². The van der Waals surface area contributed by atoms with Crippen LogP contribution in [0.15, 0.2) is 18.2 Å². The number of aromatic nitrogens is 1. The third-order valence-corrected chi connectivity index (χ3v) is 8.80. The topological polar surface area (TPSA) is 34.0 Å². The van der Waals surface area contributed by atoms with Crippen LogP contribution in [0.3, 0.4) is 0 Å². The predicted octanol–water partition coefficient (Wildman–Crippen LogP) is 6.30. The Kier molecular flexibility index (Phi) is 5.48. The van der Waals surface area contributed by atoms with Crippen molar-refractivity contribution in [2.45, 2.75) is 66.0 Å². The average Bonchev–Trinajstić information content (AvgIpc) is 3.25. The number of thioether (sulfide) groups is 1. The van der Waals surface area contributed by atoms with Crippen molar-refractivity contribution in [2.24, 2.45) is 16.7 Å². The molecule has 0 spiro atoms. The summed E-state index contributed by atoms with van der Waals surface area (Å²) in [5.74, 6) is 1.87. The molecule has 1 N–H and O–H groups in total.